The quantitative estimate of drug-likeness (QED) is 0.0480. The van der Waals surface area contributed by atoms with Crippen LogP contribution in [0.3, 0.4) is 0 Å². The van der Waals surface area contributed by atoms with Crippen molar-refractivity contribution in [2.75, 3.05) is 26.0 Å². The first kappa shape index (κ1) is 59.0. The molecule has 6 amide bonds. The molecule has 8 N–H and O–H groups in total. The second-order valence-corrected chi connectivity index (χ2v) is 24.8. The average Bonchev–Trinajstić information content (AvgIpc) is 4.45. The summed E-state index contributed by atoms with van der Waals surface area (Å²) in [5, 5.41) is 45.1. The van der Waals surface area contributed by atoms with Gasteiger partial charge in [-0.05, 0) is 43.4 Å². The number of nitrogens with one attached hydrogen (secondary N) is 6. The van der Waals surface area contributed by atoms with E-state index in [0.29, 0.717) is 86.5 Å². The summed E-state index contributed by atoms with van der Waals surface area (Å²) in [4.78, 5) is 128. The van der Waals surface area contributed by atoms with Gasteiger partial charge in [0, 0.05) is 59.8 Å². The number of benzene rings is 1. The first-order chi connectivity index (χ1) is 39.5. The second-order valence-electron chi connectivity index (χ2n) is 18.8. The van der Waals surface area contributed by atoms with Crippen molar-refractivity contribution in [1.82, 2.24) is 61.5 Å². The number of aliphatic carboxylic acids is 1. The number of unbranched alkanes of at least 4 members (excludes halogenated alkanes) is 1. The van der Waals surface area contributed by atoms with Gasteiger partial charge in [-0.3, -0.25) is 33.6 Å². The predicted molar refractivity (Wildman–Crippen MR) is 312 cm³/mol. The van der Waals surface area contributed by atoms with Gasteiger partial charge in [0.25, 0.3) is 17.7 Å². The van der Waals surface area contributed by atoms with Crippen molar-refractivity contribution in [2.24, 2.45) is 5.92 Å². The number of thiazole rings is 6. The van der Waals surface area contributed by atoms with E-state index in [-0.39, 0.29) is 59.8 Å². The van der Waals surface area contributed by atoms with Crippen molar-refractivity contribution in [1.29, 1.82) is 0 Å². The SMILES string of the molecule is CNC(=O)C[C@@H]1NC(=O)c2csc(n2)-c2ccc(-c3nc(NC(=O)CCCCC(=O)O)cs3)nc2-c2cnc(s2)-c2csc(n2)[C@H]([C@@H](O)c2ccccc2)NC(=O)CNC(=O)c2nc(sc2COC)[C@H](C(C)C)NC(=O)c2nc1sc2C. The minimum atomic E-state index is -1.28. The van der Waals surface area contributed by atoms with E-state index in [9.17, 15) is 38.7 Å². The number of carbonyl (C=O) groups is 7. The van der Waals surface area contributed by atoms with E-state index in [1.807, 2.05) is 13.8 Å². The Morgan fingerprint density at radius 1 is 0.720 bits per heavy atom. The Bertz CT molecular complexity index is 3660. The molecule has 1 aliphatic rings. The van der Waals surface area contributed by atoms with Gasteiger partial charge in [0.15, 0.2) is 0 Å². The van der Waals surface area contributed by atoms with Crippen molar-refractivity contribution in [3.05, 3.63) is 112 Å². The first-order valence-electron chi connectivity index (χ1n) is 25.4. The largest absolute Gasteiger partial charge is 0.481 e. The Balaban J connectivity index is 1.11. The van der Waals surface area contributed by atoms with Crippen molar-refractivity contribution in [2.45, 2.75) is 83.7 Å². The van der Waals surface area contributed by atoms with Gasteiger partial charge < -0.3 is 46.9 Å². The third-order valence-electron chi connectivity index (χ3n) is 12.6. The maximum atomic E-state index is 14.3. The highest BCUT2D eigenvalue weighted by molar-refractivity contribution is 7.19. The van der Waals surface area contributed by atoms with Gasteiger partial charge in [-0.1, -0.05) is 44.2 Å². The molecule has 0 aliphatic carbocycles. The van der Waals surface area contributed by atoms with Gasteiger partial charge in [-0.25, -0.2) is 34.9 Å². The standard InChI is InChI=1S/C53H53N13O10S6/c1-24(2)39-53-66-42(33(82-53)20-76-5)46(74)55-19-37(69)63-43(44(72)26-11-7-6-8-12-26)52-60-31(22-78-52)49-56-18-32(81-49)41-27(15-16-28(57-41)50-62-34(23-79-50)61-35(67)13-9-10-14-38(70)71)48-59-30(21-77-48)45(73)58-29(17-36(68)54-4)51-65-40(25(3)80-51)47(75)64-39/h6-8,11-12,15-16,18,21-24,29,39,43-44,72H,9-10,13-14,17,19-20H2,1-5H3,(H,54,68)(H,55,74)(H,58,73)(H,61,67)(H,63,69)(H,64,75)(H,70,71)/t29-,39-,43-,44-/m0/s1. The van der Waals surface area contributed by atoms with Crippen LogP contribution in [0.2, 0.25) is 0 Å². The molecule has 10 bridgehead atoms. The number of carboxylic acids is 1. The summed E-state index contributed by atoms with van der Waals surface area (Å²) in [6.07, 6.45) is 0.946. The second kappa shape index (κ2) is 26.5. The summed E-state index contributed by atoms with van der Waals surface area (Å²) in [5.74, 6) is -4.09. The summed E-state index contributed by atoms with van der Waals surface area (Å²) in [7, 11) is 2.94. The molecule has 7 aromatic heterocycles. The summed E-state index contributed by atoms with van der Waals surface area (Å²) >= 11 is 7.16. The summed E-state index contributed by atoms with van der Waals surface area (Å²) < 4.78 is 5.44. The van der Waals surface area contributed by atoms with E-state index in [2.05, 4.69) is 46.9 Å². The number of methoxy groups -OCH3 is 1. The number of ether oxygens (including phenoxy) is 1. The number of aliphatic hydroxyl groups is 1. The Morgan fingerprint density at radius 3 is 2.23 bits per heavy atom. The number of fused-ring (bicyclic) bond motifs is 14. The number of aliphatic hydroxyl groups excluding tert-OH is 1. The number of rotatable bonds is 14. The molecular formula is C53H53N13O10S6. The Hall–Kier alpha value is -7.64. The number of hydrogen-bond donors (Lipinski definition) is 8. The van der Waals surface area contributed by atoms with E-state index in [0.717, 1.165) is 11.3 Å². The van der Waals surface area contributed by atoms with Gasteiger partial charge in [0.1, 0.15) is 70.8 Å². The summed E-state index contributed by atoms with van der Waals surface area (Å²) in [5.41, 5.74) is 2.38. The van der Waals surface area contributed by atoms with Crippen molar-refractivity contribution >= 4 is 115 Å². The normalized spacial score (nSPS) is 16.4. The van der Waals surface area contributed by atoms with E-state index in [1.54, 1.807) is 71.7 Å². The van der Waals surface area contributed by atoms with Crippen LogP contribution in [0.1, 0.15) is 132 Å². The Labute approximate surface area is 492 Å². The molecule has 426 valence electrons. The first-order valence-corrected chi connectivity index (χ1v) is 30.5. The number of amides is 6. The molecule has 29 heteroatoms. The van der Waals surface area contributed by atoms with Crippen LogP contribution in [0.4, 0.5) is 5.82 Å². The summed E-state index contributed by atoms with van der Waals surface area (Å²) in [6.45, 7) is 4.95. The minimum Gasteiger partial charge on any atom is -0.481 e. The molecule has 8 heterocycles. The van der Waals surface area contributed by atoms with Crippen LogP contribution in [-0.4, -0.2) is 107 Å². The highest BCUT2D eigenvalue weighted by atomic mass is 32.1. The number of hydrogen-bond acceptors (Lipinski definition) is 22. The molecule has 8 aromatic rings. The predicted octanol–water partition coefficient (Wildman–Crippen LogP) is 7.90. The lowest BCUT2D eigenvalue weighted by Gasteiger charge is -2.23. The van der Waals surface area contributed by atoms with Crippen molar-refractivity contribution in [3.63, 3.8) is 0 Å². The van der Waals surface area contributed by atoms with Gasteiger partial charge in [0.2, 0.25) is 17.7 Å². The number of aryl methyl sites for hydroxylation is 1. The van der Waals surface area contributed by atoms with Gasteiger partial charge in [0.05, 0.1) is 52.8 Å². The lowest BCUT2D eigenvalue weighted by Crippen LogP contribution is -2.40. The van der Waals surface area contributed by atoms with Crippen molar-refractivity contribution < 1.29 is 48.5 Å². The van der Waals surface area contributed by atoms with E-state index in [4.69, 9.17) is 29.8 Å². The monoisotopic (exact) mass is 1220 g/mol. The maximum Gasteiger partial charge on any atom is 0.303 e. The fourth-order valence-electron chi connectivity index (χ4n) is 8.40. The number of aromatic nitrogens is 7. The zero-order valence-corrected chi connectivity index (χ0v) is 49.3. The zero-order valence-electron chi connectivity index (χ0n) is 44.4. The number of pyridine rings is 1. The molecule has 23 nitrogen and oxygen atoms in total. The van der Waals surface area contributed by atoms with Crippen LogP contribution < -0.4 is 31.9 Å². The van der Waals surface area contributed by atoms with E-state index in [1.165, 1.54) is 70.8 Å². The smallest absolute Gasteiger partial charge is 0.303 e. The highest BCUT2D eigenvalue weighted by Gasteiger charge is 2.33. The molecule has 4 atom stereocenters. The lowest BCUT2D eigenvalue weighted by atomic mass is 10.0. The third kappa shape index (κ3) is 14.0. The highest BCUT2D eigenvalue weighted by Crippen LogP contribution is 2.41. The van der Waals surface area contributed by atoms with Crippen LogP contribution >= 0.6 is 68.0 Å². The van der Waals surface area contributed by atoms with E-state index < -0.39 is 66.3 Å². The molecule has 1 aromatic carbocycles. The fraction of sp³-hybridized carbons (Fsp3) is 0.321. The number of carboxylic acid groups (broad SMARTS) is 1. The molecule has 9 rings (SSSR count). The molecule has 0 saturated heterocycles. The van der Waals surface area contributed by atoms with E-state index >= 15 is 0 Å². The molecule has 0 saturated carbocycles. The topological polar surface area (TPSA) is 332 Å². The lowest BCUT2D eigenvalue weighted by molar-refractivity contribution is -0.137. The molecular weight excluding hydrogens is 1170 g/mol. The molecule has 0 radical (unpaired) electrons. The van der Waals surface area contributed by atoms with Crippen LogP contribution in [0.15, 0.2) is 64.8 Å². The number of anilines is 1. The summed E-state index contributed by atoms with van der Waals surface area (Å²) in [6, 6.07) is 9.48. The van der Waals surface area contributed by atoms with Crippen LogP contribution in [0.25, 0.3) is 42.5 Å². The Kier molecular flexibility index (Phi) is 19.1. The minimum absolute atomic E-state index is 0.000131. The van der Waals surface area contributed by atoms with Gasteiger partial charge in [-0.15, -0.1) is 68.0 Å². The molecule has 82 heavy (non-hydrogen) atoms. The molecule has 0 spiro atoms. The average molecular weight is 1220 g/mol. The molecule has 0 unspecified atom stereocenters. The molecule has 1 aliphatic heterocycles. The van der Waals surface area contributed by atoms with Gasteiger partial charge >= 0.3 is 5.97 Å². The van der Waals surface area contributed by atoms with Gasteiger partial charge in [-0.2, -0.15) is 0 Å². The Morgan fingerprint density at radius 2 is 1.48 bits per heavy atom. The number of carbonyl (C=O) groups excluding carboxylic acids is 6. The van der Waals surface area contributed by atoms with Crippen molar-refractivity contribution in [3.8, 4) is 42.5 Å². The molecule has 0 fully saturated rings. The van der Waals surface area contributed by atoms with Crippen LogP contribution in [-0.2, 0) is 30.5 Å². The van der Waals surface area contributed by atoms with Crippen LogP contribution in [0, 0.1) is 12.8 Å². The fourth-order valence-corrected chi connectivity index (χ4v) is 14.0. The zero-order chi connectivity index (χ0) is 58.2. The van der Waals surface area contributed by atoms with Crippen LogP contribution in [0.5, 0.6) is 0 Å². The maximum absolute atomic E-state index is 14.3. The number of nitrogens with zero attached hydrogens (tertiary/aromatic N) is 7. The third-order valence-corrected chi connectivity index (χ3v) is 18.4.